The SMILES string of the molecule is O=C1C(c2ccccc2)=CC(=O)C2(c3ccccc3)C1CC1C(=CCC3C(=O)N(Cc4cccs4)C(=O)C31)C2c1ccc(O)cc1. The zero-order valence-electron chi connectivity index (χ0n) is 24.9. The van der Waals surface area contributed by atoms with Crippen molar-refractivity contribution < 1.29 is 24.3 Å². The second kappa shape index (κ2) is 10.9. The number of fused-ring (bicyclic) bond motifs is 4. The number of Topliss-reactive ketones (excluding diaryl/α,β-unsaturated/α-hetero) is 1. The average Bonchev–Trinajstić information content (AvgIpc) is 3.69. The molecule has 1 N–H and O–H groups in total. The Morgan fingerprint density at radius 2 is 1.52 bits per heavy atom. The Kier molecular flexibility index (Phi) is 6.76. The molecule has 228 valence electrons. The third-order valence-electron chi connectivity index (χ3n) is 10.6. The highest BCUT2D eigenvalue weighted by Crippen LogP contribution is 2.63. The lowest BCUT2D eigenvalue weighted by atomic mass is 9.44. The molecule has 1 aromatic heterocycles. The molecule has 7 heteroatoms. The summed E-state index contributed by atoms with van der Waals surface area (Å²) < 4.78 is 0. The monoisotopic (exact) mass is 625 g/mol. The second-order valence-electron chi connectivity index (χ2n) is 12.7. The number of rotatable bonds is 5. The number of imide groups is 1. The predicted octanol–water partition coefficient (Wildman–Crippen LogP) is 6.48. The van der Waals surface area contributed by atoms with Crippen molar-refractivity contribution in [2.24, 2.45) is 23.7 Å². The number of amides is 2. The first kappa shape index (κ1) is 28.6. The topological polar surface area (TPSA) is 91.8 Å². The van der Waals surface area contributed by atoms with Gasteiger partial charge in [0.15, 0.2) is 11.6 Å². The van der Waals surface area contributed by atoms with Gasteiger partial charge in [-0.05, 0) is 65.1 Å². The summed E-state index contributed by atoms with van der Waals surface area (Å²) in [6.45, 7) is 0.238. The van der Waals surface area contributed by atoms with Gasteiger partial charge in [0.25, 0.3) is 0 Å². The Morgan fingerprint density at radius 3 is 2.22 bits per heavy atom. The molecule has 0 spiro atoms. The van der Waals surface area contributed by atoms with E-state index in [-0.39, 0.29) is 42.1 Å². The summed E-state index contributed by atoms with van der Waals surface area (Å²) in [5.41, 5.74) is 2.23. The summed E-state index contributed by atoms with van der Waals surface area (Å²) in [6, 6.07) is 29.5. The average molecular weight is 626 g/mol. The molecule has 3 aromatic carbocycles. The summed E-state index contributed by atoms with van der Waals surface area (Å²) in [6.07, 6.45) is 4.25. The number of phenolic OH excluding ortho intramolecular Hbond substituents is 1. The van der Waals surface area contributed by atoms with Crippen LogP contribution in [0.25, 0.3) is 5.57 Å². The van der Waals surface area contributed by atoms with Gasteiger partial charge in [-0.3, -0.25) is 24.1 Å². The van der Waals surface area contributed by atoms with Crippen LogP contribution in [0.5, 0.6) is 5.75 Å². The van der Waals surface area contributed by atoms with Crippen LogP contribution in [0.15, 0.2) is 120 Å². The fraction of sp³-hybridized carbons (Fsp3) is 0.231. The zero-order chi connectivity index (χ0) is 31.6. The molecule has 0 radical (unpaired) electrons. The number of benzene rings is 3. The quantitative estimate of drug-likeness (QED) is 0.203. The number of aromatic hydroxyl groups is 1. The molecular formula is C39H31NO5S. The van der Waals surface area contributed by atoms with E-state index in [0.29, 0.717) is 17.6 Å². The Morgan fingerprint density at radius 1 is 0.804 bits per heavy atom. The third-order valence-corrected chi connectivity index (χ3v) is 11.4. The molecular weight excluding hydrogens is 594 g/mol. The van der Waals surface area contributed by atoms with Crippen molar-refractivity contribution in [2.45, 2.75) is 30.7 Å². The molecule has 0 bridgehead atoms. The normalized spacial score (nSPS) is 28.7. The van der Waals surface area contributed by atoms with Gasteiger partial charge >= 0.3 is 0 Å². The van der Waals surface area contributed by atoms with Gasteiger partial charge < -0.3 is 5.11 Å². The molecule has 3 aliphatic carbocycles. The minimum Gasteiger partial charge on any atom is -0.508 e. The summed E-state index contributed by atoms with van der Waals surface area (Å²) in [5, 5.41) is 12.2. The van der Waals surface area contributed by atoms with Crippen LogP contribution >= 0.6 is 11.3 Å². The van der Waals surface area contributed by atoms with Crippen LogP contribution in [0.1, 0.15) is 40.3 Å². The van der Waals surface area contributed by atoms with E-state index in [9.17, 15) is 24.3 Å². The molecule has 6 unspecified atom stereocenters. The van der Waals surface area contributed by atoms with Crippen LogP contribution in [0.4, 0.5) is 0 Å². The lowest BCUT2D eigenvalue weighted by Gasteiger charge is -2.55. The maximum Gasteiger partial charge on any atom is 0.234 e. The summed E-state index contributed by atoms with van der Waals surface area (Å²) >= 11 is 1.51. The van der Waals surface area contributed by atoms with Crippen LogP contribution in [-0.4, -0.2) is 33.4 Å². The van der Waals surface area contributed by atoms with E-state index < -0.39 is 35.0 Å². The smallest absolute Gasteiger partial charge is 0.234 e. The Balaban J connectivity index is 1.33. The predicted molar refractivity (Wildman–Crippen MR) is 175 cm³/mol. The van der Waals surface area contributed by atoms with Gasteiger partial charge in [0.1, 0.15) is 5.75 Å². The highest BCUT2D eigenvalue weighted by atomic mass is 32.1. The van der Waals surface area contributed by atoms with Crippen molar-refractivity contribution in [3.8, 4) is 5.75 Å². The number of nitrogens with zero attached hydrogens (tertiary/aromatic N) is 1. The molecule has 8 rings (SSSR count). The van der Waals surface area contributed by atoms with E-state index >= 15 is 0 Å². The lowest BCUT2D eigenvalue weighted by molar-refractivity contribution is -0.141. The van der Waals surface area contributed by atoms with E-state index in [0.717, 1.165) is 21.6 Å². The first-order valence-corrected chi connectivity index (χ1v) is 16.5. The third kappa shape index (κ3) is 4.14. The number of hydrogen-bond acceptors (Lipinski definition) is 6. The van der Waals surface area contributed by atoms with Gasteiger partial charge in [0.05, 0.1) is 23.8 Å². The number of likely N-dealkylation sites (tertiary alicyclic amines) is 1. The molecule has 4 aromatic rings. The minimum atomic E-state index is -1.27. The van der Waals surface area contributed by atoms with Gasteiger partial charge in [0.2, 0.25) is 11.8 Å². The number of ketones is 2. The highest BCUT2D eigenvalue weighted by Gasteiger charge is 2.65. The molecule has 6 nitrogen and oxygen atoms in total. The van der Waals surface area contributed by atoms with Crippen molar-refractivity contribution in [2.75, 3.05) is 0 Å². The molecule has 2 heterocycles. The van der Waals surface area contributed by atoms with Gasteiger partial charge in [-0.1, -0.05) is 90.5 Å². The maximum atomic E-state index is 14.9. The first-order valence-electron chi connectivity index (χ1n) is 15.7. The van der Waals surface area contributed by atoms with E-state index in [4.69, 9.17) is 0 Å². The highest BCUT2D eigenvalue weighted by molar-refractivity contribution is 7.09. The molecule has 1 saturated carbocycles. The van der Waals surface area contributed by atoms with E-state index in [1.165, 1.54) is 22.3 Å². The number of allylic oxidation sites excluding steroid dienone is 4. The number of thiophene rings is 1. The van der Waals surface area contributed by atoms with Gasteiger partial charge in [0, 0.05) is 22.3 Å². The van der Waals surface area contributed by atoms with E-state index in [1.807, 2.05) is 90.3 Å². The number of carbonyl (C=O) groups excluding carboxylic acids is 4. The van der Waals surface area contributed by atoms with Crippen LogP contribution < -0.4 is 0 Å². The Hall–Kier alpha value is -4.88. The van der Waals surface area contributed by atoms with E-state index in [1.54, 1.807) is 12.1 Å². The fourth-order valence-electron chi connectivity index (χ4n) is 8.70. The standard InChI is InChI=1S/C39H31NO5S/c41-26-15-13-24(14-16-26)35-28-17-18-29-34(38(45)40(37(29)44)22-27-12-7-19-46-27)31(28)20-32-36(43)30(23-8-3-1-4-9-23)21-33(42)39(32,35)25-10-5-2-6-11-25/h1-17,19,21,29,31-32,34-35,41H,18,20,22H2. The summed E-state index contributed by atoms with van der Waals surface area (Å²) in [5.74, 6) is -3.47. The summed E-state index contributed by atoms with van der Waals surface area (Å²) in [4.78, 5) is 60.2. The number of carbonyl (C=O) groups is 4. The second-order valence-corrected chi connectivity index (χ2v) is 13.8. The lowest BCUT2D eigenvalue weighted by Crippen LogP contribution is -2.58. The van der Waals surface area contributed by atoms with Gasteiger partial charge in [-0.15, -0.1) is 11.3 Å². The fourth-order valence-corrected chi connectivity index (χ4v) is 9.39. The van der Waals surface area contributed by atoms with Crippen LogP contribution in [0.2, 0.25) is 0 Å². The van der Waals surface area contributed by atoms with Crippen LogP contribution in [0, 0.1) is 23.7 Å². The zero-order valence-corrected chi connectivity index (χ0v) is 25.7. The molecule has 4 aliphatic rings. The molecule has 1 saturated heterocycles. The maximum absolute atomic E-state index is 14.9. The minimum absolute atomic E-state index is 0.0946. The molecule has 1 aliphatic heterocycles. The largest absolute Gasteiger partial charge is 0.508 e. The van der Waals surface area contributed by atoms with Crippen LogP contribution in [0.3, 0.4) is 0 Å². The van der Waals surface area contributed by atoms with Crippen molar-refractivity contribution in [1.29, 1.82) is 0 Å². The Bertz CT molecular complexity index is 1930. The number of hydrogen-bond donors (Lipinski definition) is 1. The first-order chi connectivity index (χ1) is 22.4. The molecule has 46 heavy (non-hydrogen) atoms. The van der Waals surface area contributed by atoms with Crippen LogP contribution in [-0.2, 0) is 31.1 Å². The Labute approximate surface area is 270 Å². The molecule has 2 amide bonds. The van der Waals surface area contributed by atoms with Gasteiger partial charge in [-0.25, -0.2) is 0 Å². The van der Waals surface area contributed by atoms with Crippen molar-refractivity contribution in [3.05, 3.63) is 142 Å². The van der Waals surface area contributed by atoms with Crippen molar-refractivity contribution in [3.63, 3.8) is 0 Å². The van der Waals surface area contributed by atoms with E-state index in [2.05, 4.69) is 6.08 Å². The van der Waals surface area contributed by atoms with Gasteiger partial charge in [-0.2, -0.15) is 0 Å². The van der Waals surface area contributed by atoms with Crippen molar-refractivity contribution in [1.82, 2.24) is 4.90 Å². The molecule has 6 atom stereocenters. The summed E-state index contributed by atoms with van der Waals surface area (Å²) in [7, 11) is 0. The molecule has 2 fully saturated rings. The number of phenols is 1. The van der Waals surface area contributed by atoms with Crippen molar-refractivity contribution >= 4 is 40.3 Å².